The fraction of sp³-hybridized carbons (Fsp3) is 0.818. The average Bonchev–Trinajstić information content (AvgIpc) is 2.39. The van der Waals surface area contributed by atoms with Crippen molar-refractivity contribution in [3.05, 3.63) is 0 Å². The van der Waals surface area contributed by atoms with Crippen LogP contribution in [0, 0.1) is 0 Å². The molecule has 0 bridgehead atoms. The van der Waals surface area contributed by atoms with Crippen LogP contribution in [0.1, 0.15) is 12.8 Å². The van der Waals surface area contributed by atoms with Gasteiger partial charge in [0.2, 0.25) is 0 Å². The minimum Gasteiger partial charge on any atom is -0.480 e. The molecule has 8 heteroatoms. The lowest BCUT2D eigenvalue weighted by atomic mass is 9.90. The number of carboxylic acids is 1. The Morgan fingerprint density at radius 2 is 1.68 bits per heavy atom. The van der Waals surface area contributed by atoms with Gasteiger partial charge in [-0.25, -0.2) is 9.59 Å². The number of hydrogen-bond acceptors (Lipinski definition) is 5. The summed E-state index contributed by atoms with van der Waals surface area (Å²) >= 11 is 0. The zero-order valence-corrected chi connectivity index (χ0v) is 10.7. The predicted molar refractivity (Wildman–Crippen MR) is 64.7 cm³/mol. The topological polar surface area (TPSA) is 119 Å². The highest BCUT2D eigenvalue weighted by molar-refractivity contribution is 5.86. The number of carboxylic acid groups (broad SMARTS) is 1. The largest absolute Gasteiger partial charge is 0.480 e. The number of aliphatic hydroxyl groups is 2. The summed E-state index contributed by atoms with van der Waals surface area (Å²) in [5.41, 5.74) is -1.33. The van der Waals surface area contributed by atoms with Crippen LogP contribution in [-0.4, -0.2) is 77.3 Å². The monoisotopic (exact) mass is 276 g/mol. The molecule has 0 aromatic carbocycles. The fourth-order valence-corrected chi connectivity index (χ4v) is 1.95. The molecule has 1 aliphatic heterocycles. The van der Waals surface area contributed by atoms with Gasteiger partial charge in [-0.15, -0.1) is 0 Å². The molecule has 1 aliphatic rings. The van der Waals surface area contributed by atoms with Crippen LogP contribution in [0.2, 0.25) is 0 Å². The summed E-state index contributed by atoms with van der Waals surface area (Å²) in [5, 5.41) is 29.5. The molecule has 0 aromatic heterocycles. The van der Waals surface area contributed by atoms with Gasteiger partial charge in [0, 0.05) is 39.1 Å². The number of aliphatic hydroxyl groups excluding tert-OH is 2. The molecule has 19 heavy (non-hydrogen) atoms. The van der Waals surface area contributed by atoms with E-state index in [4.69, 9.17) is 14.9 Å². The molecule has 0 aromatic rings. The van der Waals surface area contributed by atoms with Gasteiger partial charge in [-0.05, 0) is 0 Å². The third-order valence-electron chi connectivity index (χ3n) is 3.13. The molecule has 0 saturated carbocycles. The number of nitrogens with zero attached hydrogens (tertiary/aromatic N) is 1. The zero-order valence-electron chi connectivity index (χ0n) is 10.7. The van der Waals surface area contributed by atoms with E-state index in [-0.39, 0.29) is 52.4 Å². The first-order chi connectivity index (χ1) is 9.05. The Kier molecular flexibility index (Phi) is 6.00. The lowest BCUT2D eigenvalue weighted by Gasteiger charge is -2.35. The molecule has 0 aliphatic carbocycles. The highest BCUT2D eigenvalue weighted by Crippen LogP contribution is 2.21. The van der Waals surface area contributed by atoms with E-state index in [1.54, 1.807) is 0 Å². The van der Waals surface area contributed by atoms with Crippen LogP contribution in [0.5, 0.6) is 0 Å². The second-order valence-corrected chi connectivity index (χ2v) is 4.36. The molecule has 1 fully saturated rings. The van der Waals surface area contributed by atoms with Crippen molar-refractivity contribution < 1.29 is 29.6 Å². The lowest BCUT2D eigenvalue weighted by Crippen LogP contribution is -2.60. The van der Waals surface area contributed by atoms with Gasteiger partial charge in [0.15, 0.2) is 0 Å². The number of hydrogen-bond donors (Lipinski definition) is 4. The summed E-state index contributed by atoms with van der Waals surface area (Å²) in [4.78, 5) is 24.5. The van der Waals surface area contributed by atoms with Crippen molar-refractivity contribution in [1.29, 1.82) is 0 Å². The molecule has 0 atom stereocenters. The molecule has 0 radical (unpaired) electrons. The number of amides is 2. The maximum atomic E-state index is 12.0. The SMILES string of the molecule is O=C(NC1(C(=O)O)CCOCC1)N(CCO)CCO. The van der Waals surface area contributed by atoms with Crippen molar-refractivity contribution in [3.8, 4) is 0 Å². The van der Waals surface area contributed by atoms with Crippen LogP contribution in [0.3, 0.4) is 0 Å². The van der Waals surface area contributed by atoms with E-state index in [0.717, 1.165) is 0 Å². The van der Waals surface area contributed by atoms with Gasteiger partial charge in [0.1, 0.15) is 5.54 Å². The smallest absolute Gasteiger partial charge is 0.329 e. The molecule has 1 rings (SSSR count). The van der Waals surface area contributed by atoms with Gasteiger partial charge in [-0.2, -0.15) is 0 Å². The summed E-state index contributed by atoms with van der Waals surface area (Å²) in [6.45, 7) is 0.115. The maximum Gasteiger partial charge on any atom is 0.329 e. The Hall–Kier alpha value is -1.38. The van der Waals surface area contributed by atoms with Crippen molar-refractivity contribution in [2.24, 2.45) is 0 Å². The molecule has 0 unspecified atom stereocenters. The maximum absolute atomic E-state index is 12.0. The molecule has 0 spiro atoms. The third-order valence-corrected chi connectivity index (χ3v) is 3.13. The van der Waals surface area contributed by atoms with E-state index in [1.165, 1.54) is 4.90 Å². The van der Waals surface area contributed by atoms with E-state index < -0.39 is 17.5 Å². The lowest BCUT2D eigenvalue weighted by molar-refractivity contribution is -0.148. The van der Waals surface area contributed by atoms with Crippen LogP contribution >= 0.6 is 0 Å². The number of rotatable bonds is 6. The third kappa shape index (κ3) is 4.05. The van der Waals surface area contributed by atoms with Crippen LogP contribution < -0.4 is 5.32 Å². The van der Waals surface area contributed by atoms with Crippen molar-refractivity contribution in [2.45, 2.75) is 18.4 Å². The average molecular weight is 276 g/mol. The first kappa shape index (κ1) is 15.7. The van der Waals surface area contributed by atoms with E-state index in [0.29, 0.717) is 0 Å². The number of nitrogens with one attached hydrogen (secondary N) is 1. The Morgan fingerprint density at radius 3 is 2.11 bits per heavy atom. The normalized spacial score (nSPS) is 17.8. The second-order valence-electron chi connectivity index (χ2n) is 4.36. The number of carbonyl (C=O) groups excluding carboxylic acids is 1. The molecule has 4 N–H and O–H groups in total. The summed E-state index contributed by atoms with van der Waals surface area (Å²) in [5.74, 6) is -1.10. The van der Waals surface area contributed by atoms with Gasteiger partial charge in [0.05, 0.1) is 13.2 Å². The van der Waals surface area contributed by atoms with Gasteiger partial charge in [-0.1, -0.05) is 0 Å². The van der Waals surface area contributed by atoms with Crippen molar-refractivity contribution in [2.75, 3.05) is 39.5 Å². The molecule has 8 nitrogen and oxygen atoms in total. The van der Waals surface area contributed by atoms with Crippen molar-refractivity contribution >= 4 is 12.0 Å². The summed E-state index contributed by atoms with van der Waals surface area (Å²) in [6, 6.07) is -0.604. The number of urea groups is 1. The van der Waals surface area contributed by atoms with Crippen molar-refractivity contribution in [1.82, 2.24) is 10.2 Å². The standard InChI is InChI=1S/C11H20N2O6/c14-5-3-13(4-6-15)10(18)12-11(9(16)17)1-7-19-8-2-11/h14-15H,1-8H2,(H,12,18)(H,16,17). The highest BCUT2D eigenvalue weighted by atomic mass is 16.5. The highest BCUT2D eigenvalue weighted by Gasteiger charge is 2.42. The van der Waals surface area contributed by atoms with Crippen LogP contribution in [0.4, 0.5) is 4.79 Å². The summed E-state index contributed by atoms with van der Waals surface area (Å²) in [6.07, 6.45) is 0.389. The van der Waals surface area contributed by atoms with Crippen LogP contribution in [-0.2, 0) is 9.53 Å². The fourth-order valence-electron chi connectivity index (χ4n) is 1.95. The molecule has 2 amide bonds. The van der Waals surface area contributed by atoms with E-state index in [2.05, 4.69) is 5.32 Å². The molecule has 110 valence electrons. The van der Waals surface area contributed by atoms with E-state index in [9.17, 15) is 14.7 Å². The first-order valence-corrected chi connectivity index (χ1v) is 6.15. The van der Waals surface area contributed by atoms with Gasteiger partial charge in [0.25, 0.3) is 0 Å². The number of aliphatic carboxylic acids is 1. The Labute approximate surface area is 111 Å². The predicted octanol–water partition coefficient (Wildman–Crippen LogP) is -1.38. The van der Waals surface area contributed by atoms with Gasteiger partial charge < -0.3 is 30.3 Å². The molecular weight excluding hydrogens is 256 g/mol. The number of ether oxygens (including phenoxy) is 1. The molecule has 1 saturated heterocycles. The van der Waals surface area contributed by atoms with Crippen molar-refractivity contribution in [3.63, 3.8) is 0 Å². The minimum absolute atomic E-state index is 0.0403. The van der Waals surface area contributed by atoms with Crippen LogP contribution in [0.25, 0.3) is 0 Å². The van der Waals surface area contributed by atoms with Gasteiger partial charge in [-0.3, -0.25) is 0 Å². The molecule has 1 heterocycles. The van der Waals surface area contributed by atoms with Gasteiger partial charge >= 0.3 is 12.0 Å². The minimum atomic E-state index is -1.33. The zero-order chi connectivity index (χ0) is 14.3. The number of carbonyl (C=O) groups is 2. The van der Waals surface area contributed by atoms with Crippen LogP contribution in [0.15, 0.2) is 0 Å². The van der Waals surface area contributed by atoms with E-state index >= 15 is 0 Å². The second kappa shape index (κ2) is 7.27. The summed E-state index contributed by atoms with van der Waals surface area (Å²) < 4.78 is 5.10. The quantitative estimate of drug-likeness (QED) is 0.474. The Balaban J connectivity index is 2.71. The van der Waals surface area contributed by atoms with E-state index in [1.807, 2.05) is 0 Å². The Morgan fingerprint density at radius 1 is 1.16 bits per heavy atom. The molecular formula is C11H20N2O6. The summed E-state index contributed by atoms with van der Waals surface area (Å²) in [7, 11) is 0. The Bertz CT molecular complexity index is 310. The first-order valence-electron chi connectivity index (χ1n) is 6.15.